The van der Waals surface area contributed by atoms with E-state index in [1.54, 1.807) is 67.6 Å². The van der Waals surface area contributed by atoms with Crippen molar-refractivity contribution in [3.8, 4) is 0 Å². The highest BCUT2D eigenvalue weighted by Crippen LogP contribution is 2.16. The third-order valence-electron chi connectivity index (χ3n) is 3.31. The molecule has 6 nitrogen and oxygen atoms in total. The molecule has 1 atom stereocenters. The number of benzene rings is 2. The molecule has 0 spiro atoms. The van der Waals surface area contributed by atoms with E-state index in [4.69, 9.17) is 4.74 Å². The van der Waals surface area contributed by atoms with E-state index in [2.05, 4.69) is 10.1 Å². The molecule has 6 heteroatoms. The molecule has 0 heterocycles. The molecule has 0 aliphatic heterocycles. The minimum absolute atomic E-state index is 0.131. The van der Waals surface area contributed by atoms with Crippen LogP contribution < -0.4 is 5.32 Å². The SMILES string of the molecule is CCOC(=O)C(=[N+]=[N-])C(NC(=O)c1ccccc1)c1ccccc1. The van der Waals surface area contributed by atoms with Gasteiger partial charge in [0.1, 0.15) is 0 Å². The Kier molecular flexibility index (Phi) is 6.00. The highest BCUT2D eigenvalue weighted by Gasteiger charge is 2.35. The molecule has 1 N–H and O–H groups in total. The van der Waals surface area contributed by atoms with Gasteiger partial charge >= 0.3 is 11.7 Å². The standard InChI is InChI=1S/C18H17N3O3/c1-2-24-18(23)16(21-19)15(13-9-5-3-6-10-13)20-17(22)14-11-7-4-8-12-14/h3-12,15H,2H2,1H3,(H,20,22). The molecule has 2 rings (SSSR count). The van der Waals surface area contributed by atoms with E-state index in [1.807, 2.05) is 0 Å². The van der Waals surface area contributed by atoms with Crippen molar-refractivity contribution in [1.82, 2.24) is 5.32 Å². The first-order valence-electron chi connectivity index (χ1n) is 7.47. The van der Waals surface area contributed by atoms with Gasteiger partial charge in [-0.1, -0.05) is 48.5 Å². The van der Waals surface area contributed by atoms with Crippen molar-refractivity contribution in [2.75, 3.05) is 6.61 Å². The number of nitrogens with one attached hydrogen (secondary N) is 1. The number of carbonyl (C=O) groups excluding carboxylic acids is 2. The molecular weight excluding hydrogens is 306 g/mol. The molecule has 0 radical (unpaired) electrons. The first-order chi connectivity index (χ1) is 11.7. The lowest BCUT2D eigenvalue weighted by atomic mass is 10.0. The second kappa shape index (κ2) is 8.41. The molecule has 0 aliphatic carbocycles. The summed E-state index contributed by atoms with van der Waals surface area (Å²) in [6.45, 7) is 1.78. The van der Waals surface area contributed by atoms with Crippen molar-refractivity contribution in [3.05, 3.63) is 77.3 Å². The van der Waals surface area contributed by atoms with E-state index in [-0.39, 0.29) is 12.3 Å². The molecule has 2 aromatic carbocycles. The van der Waals surface area contributed by atoms with Crippen molar-refractivity contribution in [2.45, 2.75) is 13.0 Å². The van der Waals surface area contributed by atoms with Gasteiger partial charge in [-0.3, -0.25) is 4.79 Å². The number of rotatable bonds is 6. The van der Waals surface area contributed by atoms with Crippen molar-refractivity contribution in [2.24, 2.45) is 0 Å². The number of carbonyl (C=O) groups is 2. The molecule has 1 amide bonds. The largest absolute Gasteiger partial charge is 0.457 e. The Morgan fingerprint density at radius 3 is 2.21 bits per heavy atom. The number of esters is 1. The zero-order chi connectivity index (χ0) is 17.4. The maximum Gasteiger partial charge on any atom is 0.419 e. The van der Waals surface area contributed by atoms with Gasteiger partial charge in [0.15, 0.2) is 6.04 Å². The molecule has 0 saturated heterocycles. The lowest BCUT2D eigenvalue weighted by Gasteiger charge is -2.15. The van der Waals surface area contributed by atoms with E-state index in [9.17, 15) is 15.1 Å². The van der Waals surface area contributed by atoms with Crippen LogP contribution >= 0.6 is 0 Å². The highest BCUT2D eigenvalue weighted by molar-refractivity contribution is 6.36. The van der Waals surface area contributed by atoms with Crippen LogP contribution in [0.1, 0.15) is 28.9 Å². The van der Waals surface area contributed by atoms with E-state index in [0.717, 1.165) is 0 Å². The molecule has 0 fully saturated rings. The quantitative estimate of drug-likeness (QED) is 0.383. The van der Waals surface area contributed by atoms with Crippen LogP contribution in [0, 0.1) is 0 Å². The Hall–Kier alpha value is -3.24. The van der Waals surface area contributed by atoms with Gasteiger partial charge in [-0.15, -0.1) is 0 Å². The molecule has 24 heavy (non-hydrogen) atoms. The summed E-state index contributed by atoms with van der Waals surface area (Å²) in [5.41, 5.74) is 10.0. The second-order valence-corrected chi connectivity index (χ2v) is 4.89. The van der Waals surface area contributed by atoms with Gasteiger partial charge in [-0.05, 0) is 24.6 Å². The molecule has 0 saturated carbocycles. The molecule has 2 aromatic rings. The third-order valence-corrected chi connectivity index (χ3v) is 3.31. The van der Waals surface area contributed by atoms with E-state index in [1.165, 1.54) is 0 Å². The molecular formula is C18H17N3O3. The third kappa shape index (κ3) is 4.15. The lowest BCUT2D eigenvalue weighted by molar-refractivity contribution is -0.140. The summed E-state index contributed by atoms with van der Waals surface area (Å²) >= 11 is 0. The summed E-state index contributed by atoms with van der Waals surface area (Å²) in [6, 6.07) is 16.4. The van der Waals surface area contributed by atoms with Crippen LogP contribution in [0.3, 0.4) is 0 Å². The van der Waals surface area contributed by atoms with Crippen LogP contribution in [0.2, 0.25) is 0 Å². The summed E-state index contributed by atoms with van der Waals surface area (Å²) in [4.78, 5) is 27.5. The lowest BCUT2D eigenvalue weighted by Crippen LogP contribution is -2.38. The van der Waals surface area contributed by atoms with Crippen molar-refractivity contribution < 1.29 is 19.1 Å². The molecule has 1 unspecified atom stereocenters. The maximum absolute atomic E-state index is 12.4. The van der Waals surface area contributed by atoms with Crippen LogP contribution in [-0.4, -0.2) is 29.0 Å². The number of hydrogen-bond donors (Lipinski definition) is 1. The van der Waals surface area contributed by atoms with Gasteiger partial charge in [0, 0.05) is 5.56 Å². The predicted molar refractivity (Wildman–Crippen MR) is 88.4 cm³/mol. The van der Waals surface area contributed by atoms with Gasteiger partial charge in [-0.2, -0.15) is 4.79 Å². The van der Waals surface area contributed by atoms with Crippen LogP contribution in [-0.2, 0) is 9.53 Å². The summed E-state index contributed by atoms with van der Waals surface area (Å²) in [5.74, 6) is -1.18. The monoisotopic (exact) mass is 323 g/mol. The Bertz CT molecular complexity index is 754. The van der Waals surface area contributed by atoms with Gasteiger partial charge in [0.05, 0.1) is 6.61 Å². The average Bonchev–Trinajstić information content (AvgIpc) is 2.63. The average molecular weight is 323 g/mol. The normalized spacial score (nSPS) is 11.0. The van der Waals surface area contributed by atoms with Crippen LogP contribution in [0.4, 0.5) is 0 Å². The second-order valence-electron chi connectivity index (χ2n) is 4.89. The molecule has 0 aromatic heterocycles. The van der Waals surface area contributed by atoms with Crippen LogP contribution in [0.25, 0.3) is 5.53 Å². The molecule has 0 bridgehead atoms. The number of nitrogens with zero attached hydrogens (tertiary/aromatic N) is 2. The van der Waals surface area contributed by atoms with E-state index in [0.29, 0.717) is 11.1 Å². The Morgan fingerprint density at radius 1 is 1.08 bits per heavy atom. The van der Waals surface area contributed by atoms with Gasteiger partial charge in [0.25, 0.3) is 5.91 Å². The zero-order valence-electron chi connectivity index (χ0n) is 13.2. The topological polar surface area (TPSA) is 91.8 Å². The Balaban J connectivity index is 2.35. The van der Waals surface area contributed by atoms with Gasteiger partial charge in [-0.25, -0.2) is 4.79 Å². The maximum atomic E-state index is 12.4. The fourth-order valence-electron chi connectivity index (χ4n) is 2.18. The minimum Gasteiger partial charge on any atom is -0.457 e. The van der Waals surface area contributed by atoms with E-state index < -0.39 is 17.9 Å². The minimum atomic E-state index is -0.928. The fraction of sp³-hybridized carbons (Fsp3) is 0.167. The molecule has 0 aliphatic rings. The zero-order valence-corrected chi connectivity index (χ0v) is 13.2. The fourth-order valence-corrected chi connectivity index (χ4v) is 2.18. The summed E-state index contributed by atoms with van der Waals surface area (Å²) < 4.78 is 4.90. The summed E-state index contributed by atoms with van der Waals surface area (Å²) in [5, 5.41) is 2.71. The first-order valence-corrected chi connectivity index (χ1v) is 7.47. The molecule has 122 valence electrons. The van der Waals surface area contributed by atoms with E-state index >= 15 is 0 Å². The van der Waals surface area contributed by atoms with Gasteiger partial charge in [0.2, 0.25) is 0 Å². The van der Waals surface area contributed by atoms with Crippen LogP contribution in [0.15, 0.2) is 60.7 Å². The van der Waals surface area contributed by atoms with Crippen molar-refractivity contribution in [1.29, 1.82) is 0 Å². The highest BCUT2D eigenvalue weighted by atomic mass is 16.5. The number of hydrogen-bond acceptors (Lipinski definition) is 3. The van der Waals surface area contributed by atoms with Crippen molar-refractivity contribution >= 4 is 17.6 Å². The first kappa shape index (κ1) is 17.1. The Labute approximate surface area is 139 Å². The Morgan fingerprint density at radius 2 is 1.67 bits per heavy atom. The number of amides is 1. The predicted octanol–water partition coefficient (Wildman–Crippen LogP) is 2.39. The summed E-state index contributed by atoms with van der Waals surface area (Å²) in [7, 11) is 0. The smallest absolute Gasteiger partial charge is 0.419 e. The number of ether oxygens (including phenoxy) is 1. The summed E-state index contributed by atoms with van der Waals surface area (Å²) in [6.07, 6.45) is 0. The van der Waals surface area contributed by atoms with Crippen LogP contribution in [0.5, 0.6) is 0 Å². The van der Waals surface area contributed by atoms with Gasteiger partial charge < -0.3 is 15.6 Å². The van der Waals surface area contributed by atoms with Crippen molar-refractivity contribution in [3.63, 3.8) is 0 Å².